The Balaban J connectivity index is 1.86. The van der Waals surface area contributed by atoms with Gasteiger partial charge in [-0.1, -0.05) is 24.6 Å². The molecule has 0 radical (unpaired) electrons. The first-order chi connectivity index (χ1) is 8.86. The highest BCUT2D eigenvalue weighted by Gasteiger charge is 2.23. The fraction of sp³-hybridized carbons (Fsp3) is 0.625. The molecule has 0 saturated carbocycles. The summed E-state index contributed by atoms with van der Waals surface area (Å²) < 4.78 is 0. The molecule has 2 aliphatic rings. The van der Waals surface area contributed by atoms with Crippen LogP contribution in [0.4, 0.5) is 0 Å². The quantitative estimate of drug-likeness (QED) is 0.865. The van der Waals surface area contributed by atoms with Crippen LogP contribution < -0.4 is 0 Å². The molecule has 1 N–H and O–H groups in total. The molecule has 1 fully saturated rings. The molecule has 0 spiro atoms. The van der Waals surface area contributed by atoms with Gasteiger partial charge in [-0.05, 0) is 55.2 Å². The van der Waals surface area contributed by atoms with Gasteiger partial charge in [-0.2, -0.15) is 0 Å². The van der Waals surface area contributed by atoms with E-state index in [9.17, 15) is 5.11 Å². The molecule has 1 aromatic rings. The molecule has 1 unspecified atom stereocenters. The van der Waals surface area contributed by atoms with E-state index < -0.39 is 0 Å². The minimum Gasteiger partial charge on any atom is -0.374 e. The van der Waals surface area contributed by atoms with Crippen LogP contribution in [0.5, 0.6) is 0 Å². The number of hydrogen-bond acceptors (Lipinski definition) is 2. The Kier molecular flexibility index (Phi) is 3.67. The van der Waals surface area contributed by atoms with Crippen LogP contribution >= 0.6 is 0 Å². The third-order valence-corrected chi connectivity index (χ3v) is 4.45. The van der Waals surface area contributed by atoms with Crippen molar-refractivity contribution in [3.05, 3.63) is 34.9 Å². The molecule has 0 amide bonds. The highest BCUT2D eigenvalue weighted by atomic mass is 16.3. The standard InChI is InChI=1S/C16H23NO/c18-16(17-11-4-1-5-12-17)15-10-6-8-13-7-2-3-9-14(13)15/h6,8,10,16,18H,1-5,7,9,11-12H2. The Hall–Kier alpha value is -0.860. The average Bonchev–Trinajstić information content (AvgIpc) is 2.47. The Morgan fingerprint density at radius 1 is 0.944 bits per heavy atom. The van der Waals surface area contributed by atoms with Crippen LogP contribution in [-0.2, 0) is 12.8 Å². The number of aryl methyl sites for hydroxylation is 1. The maximum atomic E-state index is 10.6. The van der Waals surface area contributed by atoms with E-state index in [0.717, 1.165) is 19.5 Å². The molecule has 1 heterocycles. The molecule has 2 nitrogen and oxygen atoms in total. The molecular formula is C16H23NO. The fourth-order valence-electron chi connectivity index (χ4n) is 3.41. The van der Waals surface area contributed by atoms with Gasteiger partial charge in [-0.15, -0.1) is 0 Å². The molecule has 18 heavy (non-hydrogen) atoms. The number of nitrogens with zero attached hydrogens (tertiary/aromatic N) is 1. The van der Waals surface area contributed by atoms with Crippen molar-refractivity contribution in [3.8, 4) is 0 Å². The summed E-state index contributed by atoms with van der Waals surface area (Å²) in [5.74, 6) is 0. The Morgan fingerprint density at radius 2 is 1.72 bits per heavy atom. The van der Waals surface area contributed by atoms with E-state index in [2.05, 4.69) is 23.1 Å². The van der Waals surface area contributed by atoms with Crippen molar-refractivity contribution in [2.24, 2.45) is 0 Å². The predicted octanol–water partition coefficient (Wildman–Crippen LogP) is 3.04. The van der Waals surface area contributed by atoms with E-state index in [1.165, 1.54) is 55.2 Å². The number of aliphatic hydroxyl groups is 1. The van der Waals surface area contributed by atoms with Crippen LogP contribution in [0.1, 0.15) is 55.0 Å². The molecule has 1 atom stereocenters. The molecule has 98 valence electrons. The van der Waals surface area contributed by atoms with Crippen LogP contribution in [0.25, 0.3) is 0 Å². The fourth-order valence-corrected chi connectivity index (χ4v) is 3.41. The third-order valence-electron chi connectivity index (χ3n) is 4.45. The first-order valence-corrected chi connectivity index (χ1v) is 7.39. The zero-order chi connectivity index (χ0) is 12.4. The largest absolute Gasteiger partial charge is 0.374 e. The third kappa shape index (κ3) is 2.32. The summed E-state index contributed by atoms with van der Waals surface area (Å²) in [6.45, 7) is 2.09. The lowest BCUT2D eigenvalue weighted by atomic mass is 9.87. The summed E-state index contributed by atoms with van der Waals surface area (Å²) >= 11 is 0. The van der Waals surface area contributed by atoms with Crippen LogP contribution in [0, 0.1) is 0 Å². The second kappa shape index (κ2) is 5.41. The monoisotopic (exact) mass is 245 g/mol. The van der Waals surface area contributed by atoms with Gasteiger partial charge in [-0.3, -0.25) is 4.90 Å². The number of aliphatic hydroxyl groups excluding tert-OH is 1. The second-order valence-electron chi connectivity index (χ2n) is 5.66. The van der Waals surface area contributed by atoms with Crippen molar-refractivity contribution >= 4 is 0 Å². The predicted molar refractivity (Wildman–Crippen MR) is 73.5 cm³/mol. The Morgan fingerprint density at radius 3 is 2.56 bits per heavy atom. The van der Waals surface area contributed by atoms with Crippen molar-refractivity contribution in [2.45, 2.75) is 51.2 Å². The van der Waals surface area contributed by atoms with E-state index in [1.807, 2.05) is 0 Å². The first-order valence-electron chi connectivity index (χ1n) is 7.39. The zero-order valence-corrected chi connectivity index (χ0v) is 11.1. The highest BCUT2D eigenvalue weighted by molar-refractivity contribution is 5.38. The van der Waals surface area contributed by atoms with Crippen molar-refractivity contribution in [2.75, 3.05) is 13.1 Å². The maximum Gasteiger partial charge on any atom is 0.133 e. The zero-order valence-electron chi connectivity index (χ0n) is 11.1. The molecule has 2 heteroatoms. The van der Waals surface area contributed by atoms with E-state index in [0.29, 0.717) is 0 Å². The second-order valence-corrected chi connectivity index (χ2v) is 5.66. The molecule has 1 aliphatic heterocycles. The molecule has 1 aromatic carbocycles. The molecule has 0 bridgehead atoms. The van der Waals surface area contributed by atoms with Gasteiger partial charge in [0.15, 0.2) is 0 Å². The Bertz CT molecular complexity index is 410. The van der Waals surface area contributed by atoms with Gasteiger partial charge in [0.1, 0.15) is 6.23 Å². The Labute approximate surface area is 110 Å². The topological polar surface area (TPSA) is 23.5 Å². The van der Waals surface area contributed by atoms with E-state index in [-0.39, 0.29) is 6.23 Å². The number of benzene rings is 1. The summed E-state index contributed by atoms with van der Waals surface area (Å²) in [4.78, 5) is 2.24. The van der Waals surface area contributed by atoms with E-state index in [4.69, 9.17) is 0 Å². The lowest BCUT2D eigenvalue weighted by molar-refractivity contribution is -0.0105. The molecule has 3 rings (SSSR count). The van der Waals surface area contributed by atoms with Crippen molar-refractivity contribution < 1.29 is 5.11 Å². The summed E-state index contributed by atoms with van der Waals surface area (Å²) in [6, 6.07) is 6.48. The van der Waals surface area contributed by atoms with Crippen LogP contribution in [-0.4, -0.2) is 23.1 Å². The van der Waals surface area contributed by atoms with Gasteiger partial charge in [0, 0.05) is 13.1 Å². The number of piperidine rings is 1. The highest BCUT2D eigenvalue weighted by Crippen LogP contribution is 2.31. The van der Waals surface area contributed by atoms with Gasteiger partial charge in [0.2, 0.25) is 0 Å². The van der Waals surface area contributed by atoms with E-state index >= 15 is 0 Å². The number of hydrogen-bond donors (Lipinski definition) is 1. The van der Waals surface area contributed by atoms with Crippen molar-refractivity contribution in [3.63, 3.8) is 0 Å². The molecule has 1 saturated heterocycles. The lowest BCUT2D eigenvalue weighted by Gasteiger charge is -2.33. The van der Waals surface area contributed by atoms with Gasteiger partial charge >= 0.3 is 0 Å². The minimum atomic E-state index is -0.377. The summed E-state index contributed by atoms with van der Waals surface area (Å²) in [6.07, 6.45) is 8.31. The number of fused-ring (bicyclic) bond motifs is 1. The molecule has 1 aliphatic carbocycles. The summed E-state index contributed by atoms with van der Waals surface area (Å²) in [5, 5.41) is 10.6. The van der Waals surface area contributed by atoms with Gasteiger partial charge in [0.25, 0.3) is 0 Å². The van der Waals surface area contributed by atoms with Crippen LogP contribution in [0.3, 0.4) is 0 Å². The van der Waals surface area contributed by atoms with Crippen LogP contribution in [0.2, 0.25) is 0 Å². The maximum absolute atomic E-state index is 10.6. The van der Waals surface area contributed by atoms with E-state index in [1.54, 1.807) is 0 Å². The average molecular weight is 245 g/mol. The van der Waals surface area contributed by atoms with Gasteiger partial charge < -0.3 is 5.11 Å². The smallest absolute Gasteiger partial charge is 0.133 e. The lowest BCUT2D eigenvalue weighted by Crippen LogP contribution is -2.34. The van der Waals surface area contributed by atoms with Gasteiger partial charge in [0.05, 0.1) is 0 Å². The SMILES string of the molecule is OC(c1cccc2c1CCCC2)N1CCCCC1. The summed E-state index contributed by atoms with van der Waals surface area (Å²) in [5.41, 5.74) is 4.07. The molecular weight excluding hydrogens is 222 g/mol. The first kappa shape index (κ1) is 12.2. The normalized spacial score (nSPS) is 22.5. The number of likely N-dealkylation sites (tertiary alicyclic amines) is 1. The number of rotatable bonds is 2. The molecule has 0 aromatic heterocycles. The van der Waals surface area contributed by atoms with Gasteiger partial charge in [-0.25, -0.2) is 0 Å². The van der Waals surface area contributed by atoms with Crippen molar-refractivity contribution in [1.82, 2.24) is 4.90 Å². The van der Waals surface area contributed by atoms with Crippen LogP contribution in [0.15, 0.2) is 18.2 Å². The summed E-state index contributed by atoms with van der Waals surface area (Å²) in [7, 11) is 0. The minimum absolute atomic E-state index is 0.377. The van der Waals surface area contributed by atoms with Crippen molar-refractivity contribution in [1.29, 1.82) is 0 Å².